The van der Waals surface area contributed by atoms with Crippen molar-refractivity contribution in [1.82, 2.24) is 14.9 Å². The number of aromatic nitrogens is 2. The van der Waals surface area contributed by atoms with Crippen LogP contribution in [0.2, 0.25) is 0 Å². The number of carbonyl (C=O) groups is 1. The predicted octanol–water partition coefficient (Wildman–Crippen LogP) is 2.16. The third-order valence-corrected chi connectivity index (χ3v) is 5.65. The van der Waals surface area contributed by atoms with Gasteiger partial charge in [0.1, 0.15) is 0 Å². The van der Waals surface area contributed by atoms with E-state index >= 15 is 0 Å². The highest BCUT2D eigenvalue weighted by Gasteiger charge is 2.26. The maximum Gasteiger partial charge on any atom is 0.293 e. The minimum atomic E-state index is -0.181. The molecule has 4 rings (SSSR count). The molecule has 1 aliphatic rings. The number of rotatable bonds is 6. The quantitative estimate of drug-likeness (QED) is 0.655. The standard InChI is InChI=1S/C23H26N4O3/c1-2-27-20-9-8-18(22(29)24-13-16-6-4-3-5-7-16)12-19(20)25-21(23(27)30)26-11-10-17(14-26)15-28/h3-9,12,17,28H,2,10-11,13-15H2,1H3,(H,24,29)/t17-/m0/s1. The molecule has 0 unspecified atom stereocenters. The number of aliphatic hydroxyl groups is 1. The molecule has 1 amide bonds. The Bertz CT molecular complexity index is 1110. The smallest absolute Gasteiger partial charge is 0.293 e. The van der Waals surface area contributed by atoms with Gasteiger partial charge < -0.3 is 19.9 Å². The van der Waals surface area contributed by atoms with E-state index in [9.17, 15) is 14.7 Å². The van der Waals surface area contributed by atoms with Gasteiger partial charge in [-0.2, -0.15) is 0 Å². The average Bonchev–Trinajstić information content (AvgIpc) is 3.26. The lowest BCUT2D eigenvalue weighted by Gasteiger charge is -2.19. The van der Waals surface area contributed by atoms with Crippen LogP contribution in [0.4, 0.5) is 5.82 Å². The van der Waals surface area contributed by atoms with E-state index < -0.39 is 0 Å². The first-order valence-corrected chi connectivity index (χ1v) is 10.3. The molecule has 0 bridgehead atoms. The number of aliphatic hydroxyl groups excluding tert-OH is 1. The zero-order chi connectivity index (χ0) is 21.1. The Kier molecular flexibility index (Phi) is 5.81. The fourth-order valence-electron chi connectivity index (χ4n) is 3.95. The number of benzene rings is 2. The van der Waals surface area contributed by atoms with Crippen molar-refractivity contribution in [2.75, 3.05) is 24.6 Å². The maximum absolute atomic E-state index is 13.0. The molecule has 7 nitrogen and oxygen atoms in total. The number of hydrogen-bond donors (Lipinski definition) is 2. The first kappa shape index (κ1) is 20.1. The van der Waals surface area contributed by atoms with Crippen LogP contribution in [-0.2, 0) is 13.1 Å². The molecule has 2 N–H and O–H groups in total. The summed E-state index contributed by atoms with van der Waals surface area (Å²) >= 11 is 0. The van der Waals surface area contributed by atoms with E-state index in [-0.39, 0.29) is 24.0 Å². The number of amides is 1. The van der Waals surface area contributed by atoms with Crippen LogP contribution in [0, 0.1) is 5.92 Å². The molecular weight excluding hydrogens is 380 g/mol. The van der Waals surface area contributed by atoms with Crippen LogP contribution in [0.5, 0.6) is 0 Å². The molecule has 156 valence electrons. The minimum absolute atomic E-state index is 0.109. The van der Waals surface area contributed by atoms with Crippen LogP contribution < -0.4 is 15.8 Å². The molecule has 0 spiro atoms. The summed E-state index contributed by atoms with van der Waals surface area (Å²) in [6.07, 6.45) is 0.837. The van der Waals surface area contributed by atoms with Gasteiger partial charge in [-0.3, -0.25) is 9.59 Å². The largest absolute Gasteiger partial charge is 0.396 e. The molecule has 2 aromatic carbocycles. The second kappa shape index (κ2) is 8.67. The van der Waals surface area contributed by atoms with Crippen molar-refractivity contribution in [3.63, 3.8) is 0 Å². The number of nitrogens with zero attached hydrogens (tertiary/aromatic N) is 3. The molecule has 3 aromatic rings. The van der Waals surface area contributed by atoms with Crippen LogP contribution in [0.3, 0.4) is 0 Å². The lowest BCUT2D eigenvalue weighted by Crippen LogP contribution is -2.32. The molecule has 30 heavy (non-hydrogen) atoms. The lowest BCUT2D eigenvalue weighted by molar-refractivity contribution is 0.0951. The molecule has 7 heteroatoms. The molecule has 0 radical (unpaired) electrons. The van der Waals surface area contributed by atoms with Gasteiger partial charge in [-0.1, -0.05) is 30.3 Å². The van der Waals surface area contributed by atoms with E-state index in [1.54, 1.807) is 22.8 Å². The lowest BCUT2D eigenvalue weighted by atomic mass is 10.1. The summed E-state index contributed by atoms with van der Waals surface area (Å²) in [4.78, 5) is 32.2. The predicted molar refractivity (Wildman–Crippen MR) is 117 cm³/mol. The summed E-state index contributed by atoms with van der Waals surface area (Å²) in [7, 11) is 0. The van der Waals surface area contributed by atoms with E-state index in [0.29, 0.717) is 48.6 Å². The second-order valence-electron chi connectivity index (χ2n) is 7.64. The molecule has 0 saturated carbocycles. The monoisotopic (exact) mass is 406 g/mol. The van der Waals surface area contributed by atoms with Crippen molar-refractivity contribution in [3.05, 3.63) is 70.0 Å². The Balaban J connectivity index is 1.65. The Labute approximate surface area is 175 Å². The molecule has 1 fully saturated rings. The minimum Gasteiger partial charge on any atom is -0.396 e. The van der Waals surface area contributed by atoms with Crippen LogP contribution in [-0.4, -0.2) is 40.3 Å². The first-order valence-electron chi connectivity index (χ1n) is 10.3. The average molecular weight is 406 g/mol. The Hall–Kier alpha value is -3.19. The number of carbonyl (C=O) groups excluding carboxylic acids is 1. The molecule has 1 aliphatic heterocycles. The van der Waals surface area contributed by atoms with Crippen LogP contribution in [0.1, 0.15) is 29.3 Å². The molecule has 1 saturated heterocycles. The number of nitrogens with one attached hydrogen (secondary N) is 1. The summed E-state index contributed by atoms with van der Waals surface area (Å²) in [6.45, 7) is 4.30. The number of fused-ring (bicyclic) bond motifs is 1. The van der Waals surface area contributed by atoms with Gasteiger partial charge in [0, 0.05) is 44.3 Å². The molecule has 0 aliphatic carbocycles. The van der Waals surface area contributed by atoms with E-state index in [1.807, 2.05) is 42.2 Å². The molecular formula is C23H26N4O3. The van der Waals surface area contributed by atoms with Gasteiger partial charge in [0.2, 0.25) is 0 Å². The van der Waals surface area contributed by atoms with Gasteiger partial charge in [-0.05, 0) is 37.1 Å². The van der Waals surface area contributed by atoms with Gasteiger partial charge in [-0.25, -0.2) is 4.98 Å². The van der Waals surface area contributed by atoms with Gasteiger partial charge in [0.05, 0.1) is 11.0 Å². The van der Waals surface area contributed by atoms with Crippen molar-refractivity contribution in [1.29, 1.82) is 0 Å². The van der Waals surface area contributed by atoms with Gasteiger partial charge >= 0.3 is 0 Å². The topological polar surface area (TPSA) is 87.5 Å². The molecule has 1 aromatic heterocycles. The summed E-state index contributed by atoms with van der Waals surface area (Å²) in [5.74, 6) is 0.370. The third-order valence-electron chi connectivity index (χ3n) is 5.65. The highest BCUT2D eigenvalue weighted by molar-refractivity contribution is 5.97. The van der Waals surface area contributed by atoms with E-state index in [0.717, 1.165) is 12.0 Å². The first-order chi connectivity index (χ1) is 14.6. The van der Waals surface area contributed by atoms with E-state index in [4.69, 9.17) is 0 Å². The van der Waals surface area contributed by atoms with Crippen molar-refractivity contribution in [2.24, 2.45) is 5.92 Å². The van der Waals surface area contributed by atoms with Crippen molar-refractivity contribution < 1.29 is 9.90 Å². The summed E-state index contributed by atoms with van der Waals surface area (Å²) in [5.41, 5.74) is 2.73. The molecule has 2 heterocycles. The van der Waals surface area contributed by atoms with Crippen LogP contribution >= 0.6 is 0 Å². The number of hydrogen-bond acceptors (Lipinski definition) is 5. The van der Waals surface area contributed by atoms with E-state index in [2.05, 4.69) is 10.3 Å². The van der Waals surface area contributed by atoms with Crippen molar-refractivity contribution >= 4 is 22.8 Å². The highest BCUT2D eigenvalue weighted by Crippen LogP contribution is 2.22. The number of aryl methyl sites for hydroxylation is 1. The summed E-state index contributed by atoms with van der Waals surface area (Å²) in [5, 5.41) is 12.4. The zero-order valence-electron chi connectivity index (χ0n) is 17.0. The third kappa shape index (κ3) is 3.93. The van der Waals surface area contributed by atoms with Gasteiger partial charge in [0.25, 0.3) is 11.5 Å². The Morgan fingerprint density at radius 3 is 2.73 bits per heavy atom. The SMILES string of the molecule is CCn1c(=O)c(N2CC[C@H](CO)C2)nc2cc(C(=O)NCc3ccccc3)ccc21. The fourth-order valence-corrected chi connectivity index (χ4v) is 3.95. The molecule has 1 atom stereocenters. The summed E-state index contributed by atoms with van der Waals surface area (Å²) < 4.78 is 1.69. The van der Waals surface area contributed by atoms with Crippen LogP contribution in [0.25, 0.3) is 11.0 Å². The van der Waals surface area contributed by atoms with Gasteiger partial charge in [-0.15, -0.1) is 0 Å². The van der Waals surface area contributed by atoms with Crippen LogP contribution in [0.15, 0.2) is 53.3 Å². The van der Waals surface area contributed by atoms with Gasteiger partial charge in [0.15, 0.2) is 5.82 Å². The second-order valence-corrected chi connectivity index (χ2v) is 7.64. The van der Waals surface area contributed by atoms with Crippen molar-refractivity contribution in [3.8, 4) is 0 Å². The number of anilines is 1. The fraction of sp³-hybridized carbons (Fsp3) is 0.348. The highest BCUT2D eigenvalue weighted by atomic mass is 16.3. The van der Waals surface area contributed by atoms with E-state index in [1.165, 1.54) is 0 Å². The normalized spacial score (nSPS) is 16.2. The Morgan fingerprint density at radius 2 is 2.03 bits per heavy atom. The zero-order valence-corrected chi connectivity index (χ0v) is 17.0. The summed E-state index contributed by atoms with van der Waals surface area (Å²) in [6, 6.07) is 15.0. The Morgan fingerprint density at radius 1 is 1.23 bits per heavy atom. The maximum atomic E-state index is 13.0. The van der Waals surface area contributed by atoms with Crippen molar-refractivity contribution in [2.45, 2.75) is 26.4 Å².